The maximum atomic E-state index is 12.5. The van der Waals surface area contributed by atoms with Gasteiger partial charge in [0.15, 0.2) is 0 Å². The molecule has 0 saturated carbocycles. The standard InChI is InChI=1S/C17H23N3OS/c1-18-8-5-9-20(11-10-18)17(21)13-22-16-12-19(2)15-7-4-3-6-14(15)16/h3-4,6-7,12H,5,8-11,13H2,1-2H3. The van der Waals surface area contributed by atoms with Crippen LogP contribution in [0.2, 0.25) is 0 Å². The minimum atomic E-state index is 0.258. The van der Waals surface area contributed by atoms with E-state index in [0.29, 0.717) is 5.75 Å². The summed E-state index contributed by atoms with van der Waals surface area (Å²) >= 11 is 1.65. The fourth-order valence-electron chi connectivity index (χ4n) is 2.95. The number of fused-ring (bicyclic) bond motifs is 1. The summed E-state index contributed by atoms with van der Waals surface area (Å²) in [6.45, 7) is 3.80. The summed E-state index contributed by atoms with van der Waals surface area (Å²) in [5.41, 5.74) is 1.22. The van der Waals surface area contributed by atoms with Crippen LogP contribution < -0.4 is 0 Å². The number of para-hydroxylation sites is 1. The van der Waals surface area contributed by atoms with E-state index in [-0.39, 0.29) is 5.91 Å². The molecular weight excluding hydrogens is 294 g/mol. The lowest BCUT2D eigenvalue weighted by Crippen LogP contribution is -2.35. The molecule has 0 bridgehead atoms. The SMILES string of the molecule is CN1CCCN(C(=O)CSc2cn(C)c3ccccc23)CC1. The third kappa shape index (κ3) is 3.31. The Bertz CT molecular complexity index is 667. The number of benzene rings is 1. The van der Waals surface area contributed by atoms with Crippen molar-refractivity contribution >= 4 is 28.6 Å². The highest BCUT2D eigenvalue weighted by Crippen LogP contribution is 2.29. The second-order valence-corrected chi connectivity index (χ2v) is 6.96. The number of aryl methyl sites for hydroxylation is 1. The van der Waals surface area contributed by atoms with Crippen LogP contribution in [-0.4, -0.2) is 59.3 Å². The van der Waals surface area contributed by atoms with E-state index in [2.05, 4.69) is 54.0 Å². The number of thioether (sulfide) groups is 1. The first-order chi connectivity index (χ1) is 10.6. The molecule has 3 rings (SSSR count). The van der Waals surface area contributed by atoms with E-state index in [1.54, 1.807) is 11.8 Å². The molecule has 1 aromatic heterocycles. The molecule has 1 amide bonds. The third-order valence-corrected chi connectivity index (χ3v) is 5.31. The van der Waals surface area contributed by atoms with Crippen molar-refractivity contribution in [2.75, 3.05) is 39.0 Å². The van der Waals surface area contributed by atoms with Crippen LogP contribution >= 0.6 is 11.8 Å². The number of nitrogens with zero attached hydrogens (tertiary/aromatic N) is 3. The van der Waals surface area contributed by atoms with E-state index >= 15 is 0 Å². The van der Waals surface area contributed by atoms with Gasteiger partial charge in [0.25, 0.3) is 0 Å². The summed E-state index contributed by atoms with van der Waals surface area (Å²) in [5.74, 6) is 0.783. The van der Waals surface area contributed by atoms with Gasteiger partial charge >= 0.3 is 0 Å². The largest absolute Gasteiger partial charge is 0.349 e. The van der Waals surface area contributed by atoms with Gasteiger partial charge in [-0.2, -0.15) is 0 Å². The molecule has 1 aliphatic heterocycles. The lowest BCUT2D eigenvalue weighted by molar-refractivity contribution is -0.128. The van der Waals surface area contributed by atoms with Crippen molar-refractivity contribution in [3.8, 4) is 0 Å². The lowest BCUT2D eigenvalue weighted by Gasteiger charge is -2.20. The predicted molar refractivity (Wildman–Crippen MR) is 92.3 cm³/mol. The number of rotatable bonds is 3. The molecule has 2 heterocycles. The van der Waals surface area contributed by atoms with Crippen LogP contribution in [0.3, 0.4) is 0 Å². The Morgan fingerprint density at radius 1 is 1.14 bits per heavy atom. The van der Waals surface area contributed by atoms with Crippen molar-refractivity contribution in [1.82, 2.24) is 14.4 Å². The van der Waals surface area contributed by atoms with Gasteiger partial charge in [-0.15, -0.1) is 11.8 Å². The van der Waals surface area contributed by atoms with Gasteiger partial charge in [0.1, 0.15) is 0 Å². The molecule has 22 heavy (non-hydrogen) atoms. The summed E-state index contributed by atoms with van der Waals surface area (Å²) in [4.78, 5) is 18.0. The quantitative estimate of drug-likeness (QED) is 0.814. The van der Waals surface area contributed by atoms with Crippen LogP contribution in [0, 0.1) is 0 Å². The Balaban J connectivity index is 1.65. The number of aromatic nitrogens is 1. The van der Waals surface area contributed by atoms with E-state index in [9.17, 15) is 4.79 Å². The first-order valence-electron chi connectivity index (χ1n) is 7.78. The van der Waals surface area contributed by atoms with E-state index in [1.165, 1.54) is 15.8 Å². The highest BCUT2D eigenvalue weighted by atomic mass is 32.2. The summed E-state index contributed by atoms with van der Waals surface area (Å²) in [7, 11) is 4.18. The van der Waals surface area contributed by atoms with Gasteiger partial charge in [-0.25, -0.2) is 0 Å². The van der Waals surface area contributed by atoms with Crippen LogP contribution in [0.15, 0.2) is 35.4 Å². The van der Waals surface area contributed by atoms with Crippen LogP contribution in [0.5, 0.6) is 0 Å². The summed E-state index contributed by atoms with van der Waals surface area (Å²) in [5, 5.41) is 1.23. The zero-order valence-electron chi connectivity index (χ0n) is 13.3. The number of amides is 1. The first kappa shape index (κ1) is 15.4. The van der Waals surface area contributed by atoms with Gasteiger partial charge in [-0.3, -0.25) is 4.79 Å². The van der Waals surface area contributed by atoms with E-state index in [0.717, 1.165) is 32.6 Å². The van der Waals surface area contributed by atoms with Crippen molar-refractivity contribution in [1.29, 1.82) is 0 Å². The molecular formula is C17H23N3OS. The number of likely N-dealkylation sites (N-methyl/N-ethyl adjacent to an activating group) is 1. The summed E-state index contributed by atoms with van der Waals surface area (Å²) in [6.07, 6.45) is 3.19. The molecule has 0 spiro atoms. The van der Waals surface area contributed by atoms with E-state index < -0.39 is 0 Å². The number of carbonyl (C=O) groups excluding carboxylic acids is 1. The fourth-order valence-corrected chi connectivity index (χ4v) is 3.97. The van der Waals surface area contributed by atoms with Gasteiger partial charge in [0.2, 0.25) is 5.91 Å². The van der Waals surface area contributed by atoms with Crippen molar-refractivity contribution < 1.29 is 4.79 Å². The average Bonchev–Trinajstić information content (AvgIpc) is 2.69. The summed E-state index contributed by atoms with van der Waals surface area (Å²) < 4.78 is 2.13. The Morgan fingerprint density at radius 2 is 1.95 bits per heavy atom. The van der Waals surface area contributed by atoms with Crippen molar-refractivity contribution in [2.24, 2.45) is 7.05 Å². The Kier molecular flexibility index (Phi) is 4.74. The zero-order chi connectivity index (χ0) is 15.5. The molecule has 2 aromatic rings. The summed E-state index contributed by atoms with van der Waals surface area (Å²) in [6, 6.07) is 8.35. The Hall–Kier alpha value is -1.46. The van der Waals surface area contributed by atoms with Crippen LogP contribution in [0.25, 0.3) is 10.9 Å². The van der Waals surface area contributed by atoms with Crippen molar-refractivity contribution in [3.05, 3.63) is 30.5 Å². The van der Waals surface area contributed by atoms with Crippen molar-refractivity contribution in [3.63, 3.8) is 0 Å². The molecule has 118 valence electrons. The number of hydrogen-bond acceptors (Lipinski definition) is 3. The molecule has 0 unspecified atom stereocenters. The second-order valence-electron chi connectivity index (χ2n) is 5.95. The van der Waals surface area contributed by atoms with E-state index in [4.69, 9.17) is 0 Å². The maximum absolute atomic E-state index is 12.5. The maximum Gasteiger partial charge on any atom is 0.232 e. The topological polar surface area (TPSA) is 28.5 Å². The smallest absolute Gasteiger partial charge is 0.232 e. The molecule has 0 N–H and O–H groups in total. The second kappa shape index (κ2) is 6.75. The highest BCUT2D eigenvalue weighted by molar-refractivity contribution is 8.00. The first-order valence-corrected chi connectivity index (χ1v) is 8.77. The molecule has 1 aromatic carbocycles. The molecule has 0 radical (unpaired) electrons. The molecule has 5 heteroatoms. The molecule has 0 aliphatic carbocycles. The molecule has 1 aliphatic rings. The monoisotopic (exact) mass is 317 g/mol. The predicted octanol–water partition coefficient (Wildman–Crippen LogP) is 2.43. The van der Waals surface area contributed by atoms with Gasteiger partial charge in [0.05, 0.1) is 5.75 Å². The zero-order valence-corrected chi connectivity index (χ0v) is 14.1. The van der Waals surface area contributed by atoms with Gasteiger partial charge < -0.3 is 14.4 Å². The van der Waals surface area contributed by atoms with Gasteiger partial charge in [0, 0.05) is 48.7 Å². The Labute approximate surface area is 136 Å². The fraction of sp³-hybridized carbons (Fsp3) is 0.471. The van der Waals surface area contributed by atoms with Gasteiger partial charge in [-0.05, 0) is 26.1 Å². The molecule has 1 saturated heterocycles. The average molecular weight is 317 g/mol. The molecule has 0 atom stereocenters. The van der Waals surface area contributed by atoms with Crippen LogP contribution in [0.1, 0.15) is 6.42 Å². The van der Waals surface area contributed by atoms with Crippen LogP contribution in [-0.2, 0) is 11.8 Å². The lowest BCUT2D eigenvalue weighted by atomic mass is 10.2. The minimum Gasteiger partial charge on any atom is -0.349 e. The normalized spacial score (nSPS) is 16.9. The van der Waals surface area contributed by atoms with Crippen LogP contribution in [0.4, 0.5) is 0 Å². The highest BCUT2D eigenvalue weighted by Gasteiger charge is 2.18. The van der Waals surface area contributed by atoms with Gasteiger partial charge in [-0.1, -0.05) is 18.2 Å². The molecule has 1 fully saturated rings. The van der Waals surface area contributed by atoms with Crippen molar-refractivity contribution in [2.45, 2.75) is 11.3 Å². The Morgan fingerprint density at radius 3 is 2.82 bits per heavy atom. The third-order valence-electron chi connectivity index (χ3n) is 4.28. The number of hydrogen-bond donors (Lipinski definition) is 0. The molecule has 4 nitrogen and oxygen atoms in total. The van der Waals surface area contributed by atoms with E-state index in [1.807, 2.05) is 4.90 Å². The minimum absolute atomic E-state index is 0.258. The number of carbonyl (C=O) groups is 1.